The second kappa shape index (κ2) is 7.15. The largest absolute Gasteiger partial charge is 0.415 e. The number of aryl methyl sites for hydroxylation is 3. The number of nitrogens with zero attached hydrogens (tertiary/aromatic N) is 7. The average molecular weight is 391 g/mol. The summed E-state index contributed by atoms with van der Waals surface area (Å²) in [5, 5.41) is 28.1. The molecule has 0 fully saturated rings. The zero-order valence-electron chi connectivity index (χ0n) is 16.0. The molecule has 0 aliphatic rings. The van der Waals surface area contributed by atoms with E-state index in [2.05, 4.69) is 20.4 Å². The molecule has 29 heavy (non-hydrogen) atoms. The lowest BCUT2D eigenvalue weighted by Crippen LogP contribution is -2.01. The van der Waals surface area contributed by atoms with Crippen LogP contribution in [0.15, 0.2) is 47.1 Å². The van der Waals surface area contributed by atoms with Crippen molar-refractivity contribution in [1.29, 1.82) is 0 Å². The van der Waals surface area contributed by atoms with Crippen LogP contribution in [0.2, 0.25) is 0 Å². The molecule has 0 atom stereocenters. The summed E-state index contributed by atoms with van der Waals surface area (Å²) in [5.41, 5.74) is 2.95. The van der Waals surface area contributed by atoms with Gasteiger partial charge in [-0.1, -0.05) is 18.2 Å². The third-order valence-corrected chi connectivity index (χ3v) is 4.33. The van der Waals surface area contributed by atoms with Crippen LogP contribution in [-0.2, 0) is 7.05 Å². The van der Waals surface area contributed by atoms with Crippen LogP contribution in [0.3, 0.4) is 0 Å². The molecule has 0 spiro atoms. The summed E-state index contributed by atoms with van der Waals surface area (Å²) in [4.78, 5) is 10.8. The van der Waals surface area contributed by atoms with E-state index in [0.29, 0.717) is 11.6 Å². The molecule has 0 amide bonds. The summed E-state index contributed by atoms with van der Waals surface area (Å²) >= 11 is 0. The van der Waals surface area contributed by atoms with E-state index in [-0.39, 0.29) is 17.3 Å². The molecule has 0 unspecified atom stereocenters. The molecule has 0 saturated carbocycles. The van der Waals surface area contributed by atoms with E-state index in [1.165, 1.54) is 10.9 Å². The SMILES string of the molecule is Cc1nn(C)cc1C=C(c1nnc(-c2ccccc2)o1)n1cc([N+](=O)[O-])c(C)n1. The Morgan fingerprint density at radius 1 is 1.10 bits per heavy atom. The monoisotopic (exact) mass is 391 g/mol. The van der Waals surface area contributed by atoms with Gasteiger partial charge in [0.25, 0.3) is 5.89 Å². The minimum absolute atomic E-state index is 0.0957. The van der Waals surface area contributed by atoms with Crippen molar-refractivity contribution >= 4 is 17.5 Å². The molecule has 3 aromatic heterocycles. The summed E-state index contributed by atoms with van der Waals surface area (Å²) in [6.07, 6.45) is 4.93. The van der Waals surface area contributed by atoms with Crippen LogP contribution in [-0.4, -0.2) is 34.7 Å². The Morgan fingerprint density at radius 3 is 2.48 bits per heavy atom. The molecule has 0 N–H and O–H groups in total. The van der Waals surface area contributed by atoms with Crippen LogP contribution >= 0.6 is 0 Å². The summed E-state index contributed by atoms with van der Waals surface area (Å²) < 4.78 is 8.92. The zero-order valence-corrected chi connectivity index (χ0v) is 16.0. The van der Waals surface area contributed by atoms with Crippen molar-refractivity contribution in [2.45, 2.75) is 13.8 Å². The van der Waals surface area contributed by atoms with Gasteiger partial charge in [0.1, 0.15) is 17.6 Å². The maximum Gasteiger partial charge on any atom is 0.310 e. The van der Waals surface area contributed by atoms with E-state index < -0.39 is 4.92 Å². The van der Waals surface area contributed by atoms with Gasteiger partial charge in [0.2, 0.25) is 5.89 Å². The van der Waals surface area contributed by atoms with Crippen molar-refractivity contribution < 1.29 is 9.34 Å². The van der Waals surface area contributed by atoms with Crippen LogP contribution in [0.4, 0.5) is 5.69 Å². The first-order chi connectivity index (χ1) is 13.9. The van der Waals surface area contributed by atoms with Gasteiger partial charge in [-0.25, -0.2) is 4.68 Å². The molecule has 0 aliphatic heterocycles. The highest BCUT2D eigenvalue weighted by Crippen LogP contribution is 2.27. The minimum atomic E-state index is -0.477. The van der Waals surface area contributed by atoms with Gasteiger partial charge < -0.3 is 4.42 Å². The van der Waals surface area contributed by atoms with Gasteiger partial charge in [-0.15, -0.1) is 10.2 Å². The van der Waals surface area contributed by atoms with Crippen LogP contribution in [0, 0.1) is 24.0 Å². The van der Waals surface area contributed by atoms with Gasteiger partial charge in [-0.05, 0) is 32.1 Å². The first kappa shape index (κ1) is 18.3. The number of rotatable bonds is 5. The second-order valence-electron chi connectivity index (χ2n) is 6.45. The summed E-state index contributed by atoms with van der Waals surface area (Å²) in [6.45, 7) is 3.44. The topological polar surface area (TPSA) is 118 Å². The highest BCUT2D eigenvalue weighted by Gasteiger charge is 2.22. The second-order valence-corrected chi connectivity index (χ2v) is 6.45. The molecule has 4 rings (SSSR count). The molecule has 10 heteroatoms. The van der Waals surface area contributed by atoms with Crippen molar-refractivity contribution in [1.82, 2.24) is 29.8 Å². The fourth-order valence-electron chi connectivity index (χ4n) is 2.91. The van der Waals surface area contributed by atoms with Gasteiger partial charge in [0.15, 0.2) is 0 Å². The van der Waals surface area contributed by atoms with Crippen LogP contribution < -0.4 is 0 Å². The molecule has 3 heterocycles. The van der Waals surface area contributed by atoms with Gasteiger partial charge in [-0.2, -0.15) is 10.2 Å². The van der Waals surface area contributed by atoms with E-state index in [1.54, 1.807) is 17.7 Å². The van der Waals surface area contributed by atoms with Crippen molar-refractivity contribution in [2.24, 2.45) is 7.05 Å². The first-order valence-electron chi connectivity index (χ1n) is 8.74. The molecule has 10 nitrogen and oxygen atoms in total. The normalized spacial score (nSPS) is 11.8. The van der Waals surface area contributed by atoms with E-state index in [0.717, 1.165) is 16.8 Å². The molecular formula is C19H17N7O3. The van der Waals surface area contributed by atoms with Gasteiger partial charge in [0, 0.05) is 24.4 Å². The lowest BCUT2D eigenvalue weighted by atomic mass is 10.2. The van der Waals surface area contributed by atoms with Crippen LogP contribution in [0.5, 0.6) is 0 Å². The average Bonchev–Trinajstić information content (AvgIpc) is 3.39. The summed E-state index contributed by atoms with van der Waals surface area (Å²) in [6, 6.07) is 9.34. The Kier molecular flexibility index (Phi) is 4.51. The lowest BCUT2D eigenvalue weighted by Gasteiger charge is -2.02. The number of benzene rings is 1. The van der Waals surface area contributed by atoms with Crippen LogP contribution in [0.1, 0.15) is 22.8 Å². The third kappa shape index (κ3) is 3.55. The summed E-state index contributed by atoms with van der Waals surface area (Å²) in [7, 11) is 1.81. The Bertz CT molecular complexity index is 1220. The maximum atomic E-state index is 11.3. The number of hydrogen-bond acceptors (Lipinski definition) is 7. The van der Waals surface area contributed by atoms with Gasteiger partial charge >= 0.3 is 5.69 Å². The fourth-order valence-corrected chi connectivity index (χ4v) is 2.91. The molecule has 1 aromatic carbocycles. The molecule has 0 saturated heterocycles. The Balaban J connectivity index is 1.85. The number of nitro groups is 1. The van der Waals surface area contributed by atoms with Gasteiger partial charge in [-0.3, -0.25) is 14.8 Å². The van der Waals surface area contributed by atoms with E-state index >= 15 is 0 Å². The highest BCUT2D eigenvalue weighted by molar-refractivity contribution is 5.78. The first-order valence-corrected chi connectivity index (χ1v) is 8.74. The minimum Gasteiger partial charge on any atom is -0.415 e. The van der Waals surface area contributed by atoms with Crippen molar-refractivity contribution in [3.05, 3.63) is 75.7 Å². The molecule has 0 radical (unpaired) electrons. The Hall–Kier alpha value is -4.08. The van der Waals surface area contributed by atoms with Crippen LogP contribution in [0.25, 0.3) is 23.2 Å². The molecule has 4 aromatic rings. The third-order valence-electron chi connectivity index (χ3n) is 4.33. The van der Waals surface area contributed by atoms with E-state index in [9.17, 15) is 10.1 Å². The standard InChI is InChI=1S/C19H17N7O3/c1-12-15(10-24(3)22-12)9-16(25-11-17(26(27)28)13(2)23-25)19-21-20-18(29-19)14-7-5-4-6-8-14/h4-11H,1-3H3. The van der Waals surface area contributed by atoms with Gasteiger partial charge in [0.05, 0.1) is 10.6 Å². The quantitative estimate of drug-likeness (QED) is 0.378. The molecule has 146 valence electrons. The predicted octanol–water partition coefficient (Wildman–Crippen LogP) is 3.24. The lowest BCUT2D eigenvalue weighted by molar-refractivity contribution is -0.385. The Labute approximate surface area is 165 Å². The highest BCUT2D eigenvalue weighted by atomic mass is 16.6. The molecule has 0 bridgehead atoms. The van der Waals surface area contributed by atoms with Crippen molar-refractivity contribution in [2.75, 3.05) is 0 Å². The predicted molar refractivity (Wildman–Crippen MR) is 105 cm³/mol. The number of hydrogen-bond donors (Lipinski definition) is 0. The van der Waals surface area contributed by atoms with Crippen molar-refractivity contribution in [3.63, 3.8) is 0 Å². The zero-order chi connectivity index (χ0) is 20.5. The van der Waals surface area contributed by atoms with E-state index in [1.807, 2.05) is 50.5 Å². The molecular weight excluding hydrogens is 374 g/mol. The number of aromatic nitrogens is 6. The summed E-state index contributed by atoms with van der Waals surface area (Å²) in [5.74, 6) is 0.525. The van der Waals surface area contributed by atoms with E-state index in [4.69, 9.17) is 4.42 Å². The van der Waals surface area contributed by atoms with Crippen molar-refractivity contribution in [3.8, 4) is 11.5 Å². The maximum absolute atomic E-state index is 11.3. The Morgan fingerprint density at radius 2 is 1.86 bits per heavy atom. The molecule has 0 aliphatic carbocycles. The smallest absolute Gasteiger partial charge is 0.310 e. The fraction of sp³-hybridized carbons (Fsp3) is 0.158.